The van der Waals surface area contributed by atoms with Gasteiger partial charge in [0.05, 0.1) is 28.0 Å². The summed E-state index contributed by atoms with van der Waals surface area (Å²) in [6.07, 6.45) is 0. The van der Waals surface area contributed by atoms with Crippen LogP contribution in [0.15, 0.2) is 224 Å². The molecule has 0 saturated carbocycles. The molecule has 9 aromatic carbocycles. The average Bonchev–Trinajstić information content (AvgIpc) is 3.83. The quantitative estimate of drug-likeness (QED) is 0.163. The van der Waals surface area contributed by atoms with Crippen LogP contribution in [0.25, 0.3) is 100 Å². The second kappa shape index (κ2) is 13.9. The molecular formula is C60H37N3. The normalized spacial score (nSPS) is 12.9. The Labute approximate surface area is 365 Å². The molecule has 2 aliphatic carbocycles. The second-order valence-corrected chi connectivity index (χ2v) is 16.7. The molecule has 2 heterocycles. The van der Waals surface area contributed by atoms with E-state index in [0.29, 0.717) is 5.82 Å². The zero-order chi connectivity index (χ0) is 41.5. The maximum atomic E-state index is 5.43. The number of pyridine rings is 1. The van der Waals surface area contributed by atoms with E-state index in [-0.39, 0.29) is 0 Å². The molecule has 0 amide bonds. The Balaban J connectivity index is 0.970. The highest BCUT2D eigenvalue weighted by atomic mass is 14.9. The monoisotopic (exact) mass is 799 g/mol. The van der Waals surface area contributed by atoms with Crippen LogP contribution in [0.3, 0.4) is 0 Å². The summed E-state index contributed by atoms with van der Waals surface area (Å²) in [6.45, 7) is 0. The Morgan fingerprint density at radius 1 is 0.270 bits per heavy atom. The largest absolute Gasteiger partial charge is 0.247 e. The molecule has 0 saturated heterocycles. The number of para-hydroxylation sites is 1. The summed E-state index contributed by atoms with van der Waals surface area (Å²) in [5, 5.41) is 3.50. The van der Waals surface area contributed by atoms with Gasteiger partial charge >= 0.3 is 0 Å². The summed E-state index contributed by atoms with van der Waals surface area (Å²) in [5.41, 5.74) is 20.2. The number of aromatic nitrogens is 3. The van der Waals surface area contributed by atoms with Gasteiger partial charge in [0.2, 0.25) is 0 Å². The van der Waals surface area contributed by atoms with Gasteiger partial charge in [-0.3, -0.25) is 0 Å². The maximum absolute atomic E-state index is 5.43. The summed E-state index contributed by atoms with van der Waals surface area (Å²) in [6, 6.07) is 80.8. The molecule has 2 aliphatic rings. The third kappa shape index (κ3) is 5.36. The van der Waals surface area contributed by atoms with Crippen molar-refractivity contribution in [3.8, 4) is 78.5 Å². The topological polar surface area (TPSA) is 38.7 Å². The minimum Gasteiger partial charge on any atom is -0.247 e. The average molecular weight is 800 g/mol. The highest BCUT2D eigenvalue weighted by molar-refractivity contribution is 6.14. The highest BCUT2D eigenvalue weighted by Crippen LogP contribution is 2.63. The van der Waals surface area contributed by atoms with Crippen molar-refractivity contribution >= 4 is 21.7 Å². The Kier molecular flexibility index (Phi) is 7.82. The number of hydrogen-bond acceptors (Lipinski definition) is 3. The standard InChI is InChI=1S/C60H37N3/c1-3-15-38(16-4-1)39-27-29-40(30-28-39)56-37-57(63-59(62-56)43-17-5-2-6-18-43)41-31-33-42(34-32-41)58-50-35-49-46-21-9-13-25-53(46)60(54(49)36-48(50)47-22-10-14-26-55(47)61-58)51-23-11-7-19-44(51)45-20-8-12-24-52(45)60/h1-37H. The number of nitrogens with zero attached hydrogens (tertiary/aromatic N) is 3. The lowest BCUT2D eigenvalue weighted by Gasteiger charge is -2.30. The lowest BCUT2D eigenvalue weighted by atomic mass is 9.70. The molecule has 0 radical (unpaired) electrons. The fraction of sp³-hybridized carbons (Fsp3) is 0.0167. The van der Waals surface area contributed by atoms with Crippen molar-refractivity contribution in [1.29, 1.82) is 0 Å². The Morgan fingerprint density at radius 2 is 0.730 bits per heavy atom. The molecule has 0 atom stereocenters. The first-order valence-corrected chi connectivity index (χ1v) is 21.6. The van der Waals surface area contributed by atoms with Gasteiger partial charge < -0.3 is 0 Å². The van der Waals surface area contributed by atoms with Gasteiger partial charge in [-0.05, 0) is 85.3 Å². The van der Waals surface area contributed by atoms with Crippen LogP contribution in [-0.2, 0) is 5.41 Å². The predicted molar refractivity (Wildman–Crippen MR) is 258 cm³/mol. The van der Waals surface area contributed by atoms with Gasteiger partial charge in [0.1, 0.15) is 0 Å². The van der Waals surface area contributed by atoms with Crippen molar-refractivity contribution in [1.82, 2.24) is 15.0 Å². The molecule has 3 nitrogen and oxygen atoms in total. The predicted octanol–water partition coefficient (Wildman–Crippen LogP) is 14.9. The van der Waals surface area contributed by atoms with E-state index in [0.717, 1.165) is 55.6 Å². The second-order valence-electron chi connectivity index (χ2n) is 16.7. The summed E-state index contributed by atoms with van der Waals surface area (Å²) in [7, 11) is 0. The van der Waals surface area contributed by atoms with Crippen LogP contribution < -0.4 is 0 Å². The van der Waals surface area contributed by atoms with Crippen molar-refractivity contribution in [2.24, 2.45) is 0 Å². The van der Waals surface area contributed by atoms with E-state index in [4.69, 9.17) is 15.0 Å². The molecular weight excluding hydrogens is 763 g/mol. The molecule has 13 rings (SSSR count). The molecule has 292 valence electrons. The van der Waals surface area contributed by atoms with E-state index >= 15 is 0 Å². The molecule has 1 spiro atoms. The van der Waals surface area contributed by atoms with Gasteiger partial charge in [0.25, 0.3) is 0 Å². The van der Waals surface area contributed by atoms with Gasteiger partial charge in [-0.2, -0.15) is 0 Å². The third-order valence-electron chi connectivity index (χ3n) is 13.3. The fourth-order valence-electron chi connectivity index (χ4n) is 10.5. The van der Waals surface area contributed by atoms with E-state index < -0.39 is 5.41 Å². The van der Waals surface area contributed by atoms with Crippen molar-refractivity contribution in [3.05, 3.63) is 247 Å². The van der Waals surface area contributed by atoms with Gasteiger partial charge in [-0.25, -0.2) is 15.0 Å². The summed E-state index contributed by atoms with van der Waals surface area (Å²) < 4.78 is 0. The molecule has 11 aromatic rings. The van der Waals surface area contributed by atoms with Crippen molar-refractivity contribution in [3.63, 3.8) is 0 Å². The minimum absolute atomic E-state index is 0.418. The first-order chi connectivity index (χ1) is 31.2. The molecule has 3 heteroatoms. The smallest absolute Gasteiger partial charge is 0.160 e. The number of fused-ring (bicyclic) bond motifs is 13. The maximum Gasteiger partial charge on any atom is 0.160 e. The van der Waals surface area contributed by atoms with Gasteiger partial charge in [0, 0.05) is 33.0 Å². The van der Waals surface area contributed by atoms with Crippen LogP contribution in [-0.4, -0.2) is 15.0 Å². The van der Waals surface area contributed by atoms with E-state index in [1.165, 1.54) is 61.0 Å². The van der Waals surface area contributed by atoms with Gasteiger partial charge in [0.15, 0.2) is 5.82 Å². The van der Waals surface area contributed by atoms with E-state index in [2.05, 4.69) is 200 Å². The van der Waals surface area contributed by atoms with E-state index in [1.807, 2.05) is 24.3 Å². The van der Waals surface area contributed by atoms with Crippen molar-refractivity contribution < 1.29 is 0 Å². The molecule has 0 aliphatic heterocycles. The van der Waals surface area contributed by atoms with Gasteiger partial charge in [-0.1, -0.05) is 200 Å². The SMILES string of the molecule is c1ccc(-c2ccc(-c3cc(-c4ccc(-c5nc6ccccc6c6cc7c(cc56)-c5ccccc5C75c6ccccc6-c6ccccc65)cc4)nc(-c4ccccc4)n3)cc2)cc1. The van der Waals surface area contributed by atoms with Crippen LogP contribution in [0.5, 0.6) is 0 Å². The minimum atomic E-state index is -0.418. The summed E-state index contributed by atoms with van der Waals surface area (Å²) in [5.74, 6) is 0.695. The van der Waals surface area contributed by atoms with E-state index in [1.54, 1.807) is 0 Å². The lowest BCUT2D eigenvalue weighted by molar-refractivity contribution is 0.795. The molecule has 0 unspecified atom stereocenters. The van der Waals surface area contributed by atoms with Crippen LogP contribution in [0.2, 0.25) is 0 Å². The summed E-state index contributed by atoms with van der Waals surface area (Å²) in [4.78, 5) is 15.7. The van der Waals surface area contributed by atoms with Gasteiger partial charge in [-0.15, -0.1) is 0 Å². The Morgan fingerprint density at radius 3 is 1.33 bits per heavy atom. The molecule has 0 N–H and O–H groups in total. The Bertz CT molecular complexity index is 3550. The number of hydrogen-bond donors (Lipinski definition) is 0. The fourth-order valence-corrected chi connectivity index (χ4v) is 10.5. The molecule has 63 heavy (non-hydrogen) atoms. The lowest BCUT2D eigenvalue weighted by Crippen LogP contribution is -2.25. The highest BCUT2D eigenvalue weighted by Gasteiger charge is 2.51. The number of rotatable bonds is 5. The third-order valence-corrected chi connectivity index (χ3v) is 13.3. The zero-order valence-corrected chi connectivity index (χ0v) is 34.2. The zero-order valence-electron chi connectivity index (χ0n) is 34.2. The molecule has 2 aromatic heterocycles. The van der Waals surface area contributed by atoms with E-state index in [9.17, 15) is 0 Å². The first kappa shape index (κ1) is 35.5. The van der Waals surface area contributed by atoms with Crippen LogP contribution in [0.4, 0.5) is 0 Å². The summed E-state index contributed by atoms with van der Waals surface area (Å²) >= 11 is 0. The molecule has 0 fully saturated rings. The first-order valence-electron chi connectivity index (χ1n) is 21.6. The van der Waals surface area contributed by atoms with Crippen molar-refractivity contribution in [2.75, 3.05) is 0 Å². The van der Waals surface area contributed by atoms with Crippen LogP contribution in [0.1, 0.15) is 22.3 Å². The Hall–Kier alpha value is -8.27. The van der Waals surface area contributed by atoms with Crippen LogP contribution in [0, 0.1) is 0 Å². The van der Waals surface area contributed by atoms with Crippen LogP contribution >= 0.6 is 0 Å². The molecule has 0 bridgehead atoms. The van der Waals surface area contributed by atoms with Crippen molar-refractivity contribution in [2.45, 2.75) is 5.41 Å². The number of benzene rings is 9.